The van der Waals surface area contributed by atoms with E-state index < -0.39 is 5.41 Å². The van der Waals surface area contributed by atoms with Gasteiger partial charge in [0.2, 0.25) is 0 Å². The van der Waals surface area contributed by atoms with Crippen LogP contribution in [0.5, 0.6) is 5.75 Å². The van der Waals surface area contributed by atoms with Gasteiger partial charge in [0.05, 0.1) is 5.69 Å². The molecule has 0 unspecified atom stereocenters. The predicted molar refractivity (Wildman–Crippen MR) is 167 cm³/mol. The molecule has 5 rings (SSSR count). The predicted octanol–water partition coefficient (Wildman–Crippen LogP) is 9.49. The SMILES string of the molecule is CC(C)(C)CC(C)(C)c1ccc(-c2cccc(C(C)(C)c3ccccc3)c2O)c(-n2nc3ccc(Cl)cc3n2)c1. The third-order valence-corrected chi connectivity index (χ3v) is 8.04. The van der Waals surface area contributed by atoms with Gasteiger partial charge in [-0.15, -0.1) is 15.0 Å². The first-order valence-electron chi connectivity index (χ1n) is 13.8. The number of nitrogens with zero attached hydrogens (tertiary/aromatic N) is 3. The van der Waals surface area contributed by atoms with Gasteiger partial charge in [0, 0.05) is 27.1 Å². The molecule has 1 heterocycles. The van der Waals surface area contributed by atoms with Crippen LogP contribution >= 0.6 is 11.6 Å². The van der Waals surface area contributed by atoms with E-state index in [1.807, 2.05) is 54.6 Å². The number of aromatic hydroxyl groups is 1. The number of benzene rings is 4. The number of rotatable bonds is 6. The maximum absolute atomic E-state index is 11.8. The second-order valence-corrected chi connectivity index (χ2v) is 13.6. The normalized spacial score (nSPS) is 12.7. The van der Waals surface area contributed by atoms with Gasteiger partial charge in [-0.05, 0) is 52.6 Å². The van der Waals surface area contributed by atoms with Crippen LogP contribution in [0.3, 0.4) is 0 Å². The van der Waals surface area contributed by atoms with Crippen molar-refractivity contribution in [1.29, 1.82) is 0 Å². The zero-order valence-electron chi connectivity index (χ0n) is 24.5. The highest BCUT2D eigenvalue weighted by molar-refractivity contribution is 6.31. The number of phenols is 1. The first-order valence-corrected chi connectivity index (χ1v) is 14.2. The Hall–Kier alpha value is -3.63. The van der Waals surface area contributed by atoms with Crippen molar-refractivity contribution < 1.29 is 5.11 Å². The minimum atomic E-state index is -0.397. The monoisotopic (exact) mass is 551 g/mol. The molecule has 0 saturated carbocycles. The van der Waals surface area contributed by atoms with Crippen LogP contribution in [0.15, 0.2) is 84.9 Å². The fourth-order valence-corrected chi connectivity index (χ4v) is 6.21. The summed E-state index contributed by atoms with van der Waals surface area (Å²) in [6, 6.07) is 28.3. The Morgan fingerprint density at radius 1 is 0.700 bits per heavy atom. The van der Waals surface area contributed by atoms with Crippen molar-refractivity contribution in [3.05, 3.63) is 107 Å². The van der Waals surface area contributed by atoms with Gasteiger partial charge in [-0.25, -0.2) is 0 Å². The van der Waals surface area contributed by atoms with Crippen LogP contribution in [-0.4, -0.2) is 20.1 Å². The van der Waals surface area contributed by atoms with E-state index in [0.717, 1.165) is 45.4 Å². The van der Waals surface area contributed by atoms with E-state index in [-0.39, 0.29) is 16.6 Å². The van der Waals surface area contributed by atoms with Gasteiger partial charge in [0.15, 0.2) is 0 Å². The third-order valence-electron chi connectivity index (χ3n) is 7.80. The van der Waals surface area contributed by atoms with Crippen LogP contribution in [0.25, 0.3) is 27.8 Å². The van der Waals surface area contributed by atoms with Crippen LogP contribution < -0.4 is 0 Å². The van der Waals surface area contributed by atoms with E-state index in [2.05, 4.69) is 78.8 Å². The Balaban J connectivity index is 1.72. The smallest absolute Gasteiger partial charge is 0.127 e. The summed E-state index contributed by atoms with van der Waals surface area (Å²) in [4.78, 5) is 1.68. The standard InChI is InChI=1S/C35H38ClN3O/c1-33(2,3)22-34(4,5)24-16-18-26(31(20-24)39-37-29-19-17-25(36)21-30(29)38-39)27-14-11-15-28(32(27)40)35(6,7)23-12-9-8-10-13-23/h8-21,40H,22H2,1-7H3. The Labute approximate surface area is 242 Å². The fraction of sp³-hybridized carbons (Fsp3) is 0.314. The molecular formula is C35H38ClN3O. The number of fused-ring (bicyclic) bond motifs is 1. The lowest BCUT2D eigenvalue weighted by atomic mass is 9.72. The molecule has 4 aromatic carbocycles. The maximum Gasteiger partial charge on any atom is 0.127 e. The summed E-state index contributed by atoms with van der Waals surface area (Å²) in [6.45, 7) is 15.7. The molecular weight excluding hydrogens is 514 g/mol. The van der Waals surface area contributed by atoms with E-state index in [1.54, 1.807) is 4.80 Å². The molecule has 0 saturated heterocycles. The molecule has 5 heteroatoms. The highest BCUT2D eigenvalue weighted by Gasteiger charge is 2.30. The Bertz CT molecular complexity index is 1680. The van der Waals surface area contributed by atoms with Crippen molar-refractivity contribution in [3.63, 3.8) is 0 Å². The van der Waals surface area contributed by atoms with E-state index >= 15 is 0 Å². The minimum absolute atomic E-state index is 0.0827. The molecule has 0 atom stereocenters. The molecule has 5 aromatic rings. The summed E-state index contributed by atoms with van der Waals surface area (Å²) in [5.74, 6) is 0.263. The van der Waals surface area contributed by atoms with Crippen LogP contribution in [0.1, 0.15) is 71.6 Å². The van der Waals surface area contributed by atoms with E-state index in [0.29, 0.717) is 5.02 Å². The molecule has 1 aromatic heterocycles. The van der Waals surface area contributed by atoms with E-state index in [9.17, 15) is 5.11 Å². The molecule has 0 bridgehead atoms. The van der Waals surface area contributed by atoms with Gasteiger partial charge in [0.25, 0.3) is 0 Å². The maximum atomic E-state index is 11.8. The van der Waals surface area contributed by atoms with Crippen LogP contribution in [-0.2, 0) is 10.8 Å². The largest absolute Gasteiger partial charge is 0.507 e. The first-order chi connectivity index (χ1) is 18.8. The molecule has 0 aliphatic carbocycles. The summed E-state index contributed by atoms with van der Waals surface area (Å²) in [7, 11) is 0. The number of hydrogen-bond donors (Lipinski definition) is 1. The zero-order valence-corrected chi connectivity index (χ0v) is 25.2. The summed E-state index contributed by atoms with van der Waals surface area (Å²) < 4.78 is 0. The lowest BCUT2D eigenvalue weighted by Gasteiger charge is -2.33. The summed E-state index contributed by atoms with van der Waals surface area (Å²) in [5.41, 5.74) is 6.79. The van der Waals surface area contributed by atoms with Gasteiger partial charge in [-0.3, -0.25) is 0 Å². The molecule has 0 amide bonds. The second-order valence-electron chi connectivity index (χ2n) is 13.2. The molecule has 0 spiro atoms. The number of phenolic OH excluding ortho intramolecular Hbond substituents is 1. The number of halogens is 1. The first kappa shape index (κ1) is 27.9. The molecule has 0 radical (unpaired) electrons. The molecule has 0 aliphatic heterocycles. The number of hydrogen-bond acceptors (Lipinski definition) is 3. The Morgan fingerprint density at radius 3 is 2.10 bits per heavy atom. The lowest BCUT2D eigenvalue weighted by Crippen LogP contribution is -2.25. The van der Waals surface area contributed by atoms with Crippen LogP contribution in [0.2, 0.25) is 5.02 Å². The van der Waals surface area contributed by atoms with Gasteiger partial charge >= 0.3 is 0 Å². The van der Waals surface area contributed by atoms with Crippen molar-refractivity contribution >= 4 is 22.6 Å². The van der Waals surface area contributed by atoms with Crippen molar-refractivity contribution in [2.24, 2.45) is 5.41 Å². The van der Waals surface area contributed by atoms with Gasteiger partial charge in [-0.1, -0.05) is 121 Å². The molecule has 4 nitrogen and oxygen atoms in total. The van der Waals surface area contributed by atoms with E-state index in [4.69, 9.17) is 21.8 Å². The highest BCUT2D eigenvalue weighted by atomic mass is 35.5. The number of aromatic nitrogens is 3. The zero-order chi connectivity index (χ0) is 28.9. The van der Waals surface area contributed by atoms with Crippen molar-refractivity contribution in [3.8, 4) is 22.6 Å². The van der Waals surface area contributed by atoms with Gasteiger partial charge in [-0.2, -0.15) is 0 Å². The third kappa shape index (κ3) is 5.38. The molecule has 206 valence electrons. The average Bonchev–Trinajstić information content (AvgIpc) is 3.31. The van der Waals surface area contributed by atoms with Crippen LogP contribution in [0.4, 0.5) is 0 Å². The summed E-state index contributed by atoms with van der Waals surface area (Å²) >= 11 is 6.27. The topological polar surface area (TPSA) is 50.9 Å². The molecule has 0 aliphatic rings. The lowest BCUT2D eigenvalue weighted by molar-refractivity contribution is 0.284. The highest BCUT2D eigenvalue weighted by Crippen LogP contribution is 2.44. The molecule has 40 heavy (non-hydrogen) atoms. The summed E-state index contributed by atoms with van der Waals surface area (Å²) in [6.07, 6.45) is 1.01. The van der Waals surface area contributed by atoms with Crippen molar-refractivity contribution in [1.82, 2.24) is 15.0 Å². The summed E-state index contributed by atoms with van der Waals surface area (Å²) in [5, 5.41) is 22.1. The van der Waals surface area contributed by atoms with Crippen molar-refractivity contribution in [2.75, 3.05) is 0 Å². The number of para-hydroxylation sites is 1. The Kier molecular flexibility index (Phi) is 7.04. The Morgan fingerprint density at radius 2 is 1.40 bits per heavy atom. The van der Waals surface area contributed by atoms with Crippen LogP contribution in [0, 0.1) is 5.41 Å². The van der Waals surface area contributed by atoms with Crippen molar-refractivity contribution in [2.45, 2.75) is 65.7 Å². The fourth-order valence-electron chi connectivity index (χ4n) is 6.04. The molecule has 0 fully saturated rings. The average molecular weight is 552 g/mol. The quantitative estimate of drug-likeness (QED) is 0.228. The molecule has 1 N–H and O–H groups in total. The van der Waals surface area contributed by atoms with Gasteiger partial charge in [0.1, 0.15) is 16.8 Å². The second kappa shape index (κ2) is 10.1. The van der Waals surface area contributed by atoms with E-state index in [1.165, 1.54) is 5.56 Å². The van der Waals surface area contributed by atoms with Gasteiger partial charge < -0.3 is 5.11 Å². The minimum Gasteiger partial charge on any atom is -0.507 e.